The quantitative estimate of drug-likeness (QED) is 0.432. The molecule has 7 nitrogen and oxygen atoms in total. The van der Waals surface area contributed by atoms with Gasteiger partial charge in [0.15, 0.2) is 0 Å². The topological polar surface area (TPSA) is 73.4 Å². The van der Waals surface area contributed by atoms with Crippen LogP contribution in [0.2, 0.25) is 5.02 Å². The molecule has 2 heterocycles. The van der Waals surface area contributed by atoms with E-state index in [1.165, 1.54) is 24.5 Å². The van der Waals surface area contributed by atoms with Gasteiger partial charge >= 0.3 is 0 Å². The van der Waals surface area contributed by atoms with E-state index in [0.29, 0.717) is 28.1 Å². The molecule has 1 saturated heterocycles. The molecule has 0 aliphatic carbocycles. The number of carbonyl (C=O) groups is 1. The second kappa shape index (κ2) is 11.4. The molecule has 1 aliphatic rings. The van der Waals surface area contributed by atoms with Gasteiger partial charge in [0.1, 0.15) is 18.0 Å². The summed E-state index contributed by atoms with van der Waals surface area (Å²) in [6.45, 7) is 8.87. The van der Waals surface area contributed by atoms with Gasteiger partial charge in [-0.15, -0.1) is 0 Å². The summed E-state index contributed by atoms with van der Waals surface area (Å²) in [4.78, 5) is 25.7. The first-order valence-corrected chi connectivity index (χ1v) is 11.8. The first kappa shape index (κ1) is 24.8. The Labute approximate surface area is 209 Å². The summed E-state index contributed by atoms with van der Waals surface area (Å²) in [5.41, 5.74) is 2.74. The van der Waals surface area contributed by atoms with E-state index in [4.69, 9.17) is 11.6 Å². The maximum atomic E-state index is 13.5. The molecule has 0 bridgehead atoms. The first-order valence-electron chi connectivity index (χ1n) is 11.4. The van der Waals surface area contributed by atoms with Crippen LogP contribution in [0.1, 0.15) is 12.0 Å². The predicted molar refractivity (Wildman–Crippen MR) is 141 cm³/mol. The van der Waals surface area contributed by atoms with Crippen LogP contribution in [0.5, 0.6) is 0 Å². The summed E-state index contributed by atoms with van der Waals surface area (Å²) < 4.78 is 13.5. The molecule has 0 radical (unpaired) electrons. The fourth-order valence-electron chi connectivity index (χ4n) is 3.90. The molecular formula is C26H28ClFN6O. The van der Waals surface area contributed by atoms with Crippen molar-refractivity contribution < 1.29 is 9.18 Å². The number of piperazine rings is 1. The van der Waals surface area contributed by atoms with Gasteiger partial charge in [-0.05, 0) is 55.4 Å². The highest BCUT2D eigenvalue weighted by atomic mass is 35.5. The van der Waals surface area contributed by atoms with Gasteiger partial charge in [-0.3, -0.25) is 4.79 Å². The van der Waals surface area contributed by atoms with E-state index in [1.807, 2.05) is 18.2 Å². The number of fused-ring (bicyclic) bond motifs is 1. The number of hydrogen-bond donors (Lipinski definition) is 2. The van der Waals surface area contributed by atoms with Crippen molar-refractivity contribution >= 4 is 51.7 Å². The molecule has 1 amide bonds. The number of anilines is 3. The third-order valence-electron chi connectivity index (χ3n) is 5.94. The van der Waals surface area contributed by atoms with Gasteiger partial charge in [-0.1, -0.05) is 30.3 Å². The molecule has 0 unspecified atom stereocenters. The van der Waals surface area contributed by atoms with Gasteiger partial charge in [0.25, 0.3) is 0 Å². The van der Waals surface area contributed by atoms with Gasteiger partial charge in [-0.25, -0.2) is 14.4 Å². The van der Waals surface area contributed by atoms with Crippen LogP contribution in [-0.4, -0.2) is 65.4 Å². The molecule has 1 aliphatic heterocycles. The third kappa shape index (κ3) is 6.42. The number of nitrogens with zero attached hydrogens (tertiary/aromatic N) is 4. The number of rotatable bonds is 8. The van der Waals surface area contributed by atoms with Gasteiger partial charge in [0.2, 0.25) is 5.91 Å². The van der Waals surface area contributed by atoms with Crippen molar-refractivity contribution in [3.8, 4) is 0 Å². The lowest BCUT2D eigenvalue weighted by molar-refractivity contribution is -0.111. The number of amides is 1. The van der Waals surface area contributed by atoms with Crippen LogP contribution in [0, 0.1) is 5.82 Å². The molecule has 0 spiro atoms. The van der Waals surface area contributed by atoms with Gasteiger partial charge < -0.3 is 20.4 Å². The zero-order chi connectivity index (χ0) is 24.8. The minimum atomic E-state index is -0.497. The number of benzene rings is 2. The Morgan fingerprint density at radius 1 is 1.20 bits per heavy atom. The molecule has 0 atom stereocenters. The standard InChI is InChI=1S/C26H28ClFN6O/c1-3-25(35)32-23-16-20-24(14-18(23)6-4-5-9-34-12-10-33(2)11-13-34)29-17-30-26(20)31-19-7-8-22(28)21(27)15-19/h3-4,6-8,14-17H,1,5,9-13H2,2H3,(H,32,35)(H,29,30,31). The molecule has 2 aromatic carbocycles. The average Bonchev–Trinajstić information content (AvgIpc) is 2.85. The van der Waals surface area contributed by atoms with E-state index in [1.54, 1.807) is 6.07 Å². The SMILES string of the molecule is C=CC(=O)Nc1cc2c(Nc3ccc(F)c(Cl)c3)ncnc2cc1C=CCCN1CCN(C)CC1. The van der Waals surface area contributed by atoms with Crippen molar-refractivity contribution in [2.75, 3.05) is 50.4 Å². The van der Waals surface area contributed by atoms with Crippen LogP contribution >= 0.6 is 11.6 Å². The van der Waals surface area contributed by atoms with Gasteiger partial charge in [0, 0.05) is 49.5 Å². The summed E-state index contributed by atoms with van der Waals surface area (Å²) in [6, 6.07) is 8.08. The van der Waals surface area contributed by atoms with Crippen LogP contribution in [-0.2, 0) is 4.79 Å². The molecule has 1 fully saturated rings. The fourth-order valence-corrected chi connectivity index (χ4v) is 4.08. The van der Waals surface area contributed by atoms with Crippen molar-refractivity contribution in [1.82, 2.24) is 19.8 Å². The van der Waals surface area contributed by atoms with Crippen LogP contribution in [0.4, 0.5) is 21.6 Å². The first-order chi connectivity index (χ1) is 16.9. The van der Waals surface area contributed by atoms with Crippen LogP contribution in [0.25, 0.3) is 17.0 Å². The Bertz CT molecular complexity index is 1260. The summed E-state index contributed by atoms with van der Waals surface area (Å²) in [7, 11) is 2.15. The number of halogens is 2. The Morgan fingerprint density at radius 2 is 2.00 bits per heavy atom. The van der Waals surface area contributed by atoms with E-state index < -0.39 is 5.82 Å². The zero-order valence-electron chi connectivity index (χ0n) is 19.6. The molecule has 4 rings (SSSR count). The van der Waals surface area contributed by atoms with E-state index in [-0.39, 0.29) is 10.9 Å². The highest BCUT2D eigenvalue weighted by molar-refractivity contribution is 6.31. The van der Waals surface area contributed by atoms with Crippen molar-refractivity contribution in [3.63, 3.8) is 0 Å². The molecule has 35 heavy (non-hydrogen) atoms. The highest BCUT2D eigenvalue weighted by Crippen LogP contribution is 2.30. The molecule has 0 saturated carbocycles. The fraction of sp³-hybridized carbons (Fsp3) is 0.269. The normalized spacial score (nSPS) is 14.9. The lowest BCUT2D eigenvalue weighted by Gasteiger charge is -2.32. The largest absolute Gasteiger partial charge is 0.340 e. The van der Waals surface area contributed by atoms with Gasteiger partial charge in [0.05, 0.1) is 10.5 Å². The second-order valence-electron chi connectivity index (χ2n) is 8.46. The predicted octanol–water partition coefficient (Wildman–Crippen LogP) is 4.94. The van der Waals surface area contributed by atoms with E-state index >= 15 is 0 Å². The maximum Gasteiger partial charge on any atom is 0.247 e. The average molecular weight is 495 g/mol. The molecular weight excluding hydrogens is 467 g/mol. The summed E-state index contributed by atoms with van der Waals surface area (Å²) in [5, 5.41) is 6.74. The smallest absolute Gasteiger partial charge is 0.247 e. The highest BCUT2D eigenvalue weighted by Gasteiger charge is 2.13. The van der Waals surface area contributed by atoms with Crippen LogP contribution in [0.3, 0.4) is 0 Å². The number of aromatic nitrogens is 2. The van der Waals surface area contributed by atoms with Crippen molar-refractivity contribution in [2.45, 2.75) is 6.42 Å². The number of carbonyl (C=O) groups excluding carboxylic acids is 1. The zero-order valence-corrected chi connectivity index (χ0v) is 20.4. The molecule has 1 aromatic heterocycles. The molecule has 2 N–H and O–H groups in total. The van der Waals surface area contributed by atoms with Crippen molar-refractivity contribution in [2.24, 2.45) is 0 Å². The summed E-state index contributed by atoms with van der Waals surface area (Å²) >= 11 is 5.92. The minimum absolute atomic E-state index is 0.0105. The molecule has 182 valence electrons. The lowest BCUT2D eigenvalue weighted by atomic mass is 10.1. The van der Waals surface area contributed by atoms with Crippen LogP contribution < -0.4 is 10.6 Å². The Morgan fingerprint density at radius 3 is 2.74 bits per heavy atom. The third-order valence-corrected chi connectivity index (χ3v) is 6.23. The molecule has 3 aromatic rings. The maximum absolute atomic E-state index is 13.5. The van der Waals surface area contributed by atoms with E-state index in [0.717, 1.165) is 44.7 Å². The minimum Gasteiger partial charge on any atom is -0.340 e. The Hall–Kier alpha value is -3.33. The van der Waals surface area contributed by atoms with E-state index in [2.05, 4.69) is 50.1 Å². The number of hydrogen-bond acceptors (Lipinski definition) is 6. The van der Waals surface area contributed by atoms with Crippen LogP contribution in [0.15, 0.2) is 55.4 Å². The van der Waals surface area contributed by atoms with Crippen molar-refractivity contribution in [3.05, 3.63) is 71.8 Å². The second-order valence-corrected chi connectivity index (χ2v) is 8.87. The summed E-state index contributed by atoms with van der Waals surface area (Å²) in [5.74, 6) is -0.297. The van der Waals surface area contributed by atoms with Crippen molar-refractivity contribution in [1.29, 1.82) is 0 Å². The van der Waals surface area contributed by atoms with Gasteiger partial charge in [-0.2, -0.15) is 0 Å². The molecule has 9 heteroatoms. The monoisotopic (exact) mass is 494 g/mol. The lowest BCUT2D eigenvalue weighted by Crippen LogP contribution is -2.44. The summed E-state index contributed by atoms with van der Waals surface area (Å²) in [6.07, 6.45) is 7.70. The number of nitrogens with one attached hydrogen (secondary N) is 2. The number of likely N-dealkylation sites (N-methyl/N-ethyl adjacent to an activating group) is 1. The Balaban J connectivity index is 1.59. The van der Waals surface area contributed by atoms with E-state index in [9.17, 15) is 9.18 Å². The Kier molecular flexibility index (Phi) is 8.07.